The van der Waals surface area contributed by atoms with Crippen LogP contribution in [0.2, 0.25) is 0 Å². The molecule has 0 spiro atoms. The Labute approximate surface area is 198 Å². The van der Waals surface area contributed by atoms with Crippen molar-refractivity contribution in [2.75, 3.05) is 26.8 Å². The molecule has 2 aliphatic rings. The number of hydrogen-bond donors (Lipinski definition) is 2. The summed E-state index contributed by atoms with van der Waals surface area (Å²) in [6.07, 6.45) is 0.465. The SMILES string of the molecule is CO[C@H](C)[C@H](NC(=O)OCC1c2ccccc2-c2ccccc21)C(=O)N1CC=C(C(=O)O)CC1. The minimum Gasteiger partial charge on any atom is -0.478 e. The maximum Gasteiger partial charge on any atom is 0.407 e. The van der Waals surface area contributed by atoms with E-state index in [-0.39, 0.29) is 43.5 Å². The number of alkyl carbamates (subject to hydrolysis) is 1. The highest BCUT2D eigenvalue weighted by Gasteiger charge is 2.34. The van der Waals surface area contributed by atoms with Crippen LogP contribution in [-0.2, 0) is 19.1 Å². The van der Waals surface area contributed by atoms with Crippen LogP contribution in [0, 0.1) is 0 Å². The van der Waals surface area contributed by atoms with Gasteiger partial charge in [-0.15, -0.1) is 0 Å². The second-order valence-electron chi connectivity index (χ2n) is 8.46. The number of fused-ring (bicyclic) bond motifs is 3. The van der Waals surface area contributed by atoms with E-state index in [1.807, 2.05) is 36.4 Å². The molecule has 2 amide bonds. The number of carboxylic acid groups (broad SMARTS) is 1. The van der Waals surface area contributed by atoms with Crippen LogP contribution in [0.4, 0.5) is 4.79 Å². The Morgan fingerprint density at radius 1 is 1.09 bits per heavy atom. The highest BCUT2D eigenvalue weighted by atomic mass is 16.5. The lowest BCUT2D eigenvalue weighted by molar-refractivity contribution is -0.137. The van der Waals surface area contributed by atoms with Gasteiger partial charge >= 0.3 is 12.1 Å². The summed E-state index contributed by atoms with van der Waals surface area (Å²) in [6, 6.07) is 15.2. The Morgan fingerprint density at radius 2 is 1.71 bits per heavy atom. The largest absolute Gasteiger partial charge is 0.478 e. The summed E-state index contributed by atoms with van der Waals surface area (Å²) < 4.78 is 10.9. The molecule has 0 saturated heterocycles. The molecule has 0 aromatic heterocycles. The van der Waals surface area contributed by atoms with Crippen molar-refractivity contribution in [3.8, 4) is 11.1 Å². The van der Waals surface area contributed by atoms with Crippen molar-refractivity contribution in [3.05, 3.63) is 71.3 Å². The number of hydrogen-bond acceptors (Lipinski definition) is 5. The van der Waals surface area contributed by atoms with E-state index in [4.69, 9.17) is 14.6 Å². The minimum absolute atomic E-state index is 0.0891. The first-order chi connectivity index (χ1) is 16.4. The fraction of sp³-hybridized carbons (Fsp3) is 0.346. The molecule has 178 valence electrons. The number of carbonyl (C=O) groups excluding carboxylic acids is 2. The van der Waals surface area contributed by atoms with Crippen molar-refractivity contribution in [2.24, 2.45) is 0 Å². The van der Waals surface area contributed by atoms with Gasteiger partial charge in [-0.25, -0.2) is 9.59 Å². The molecule has 0 fully saturated rings. The molecule has 8 heteroatoms. The Kier molecular flexibility index (Phi) is 6.98. The number of nitrogens with zero attached hydrogens (tertiary/aromatic N) is 1. The number of ether oxygens (including phenoxy) is 2. The number of methoxy groups -OCH3 is 1. The first kappa shape index (κ1) is 23.5. The summed E-state index contributed by atoms with van der Waals surface area (Å²) in [4.78, 5) is 38.5. The number of benzene rings is 2. The van der Waals surface area contributed by atoms with Gasteiger partial charge in [-0.3, -0.25) is 4.79 Å². The maximum absolute atomic E-state index is 13.1. The lowest BCUT2D eigenvalue weighted by Gasteiger charge is -2.31. The molecule has 2 atom stereocenters. The molecule has 2 N–H and O–H groups in total. The van der Waals surface area contributed by atoms with Crippen LogP contribution >= 0.6 is 0 Å². The second-order valence-corrected chi connectivity index (χ2v) is 8.46. The van der Waals surface area contributed by atoms with Crippen LogP contribution < -0.4 is 5.32 Å². The first-order valence-corrected chi connectivity index (χ1v) is 11.3. The number of nitrogens with one attached hydrogen (secondary N) is 1. The molecule has 34 heavy (non-hydrogen) atoms. The van der Waals surface area contributed by atoms with E-state index in [1.54, 1.807) is 6.92 Å². The molecule has 1 aliphatic carbocycles. The van der Waals surface area contributed by atoms with Gasteiger partial charge in [0.1, 0.15) is 12.6 Å². The quantitative estimate of drug-likeness (QED) is 0.652. The van der Waals surface area contributed by atoms with E-state index in [0.29, 0.717) is 0 Å². The molecular weight excluding hydrogens is 436 g/mol. The van der Waals surface area contributed by atoms with Crippen LogP contribution in [0.1, 0.15) is 30.4 Å². The Morgan fingerprint density at radius 3 is 2.24 bits per heavy atom. The van der Waals surface area contributed by atoms with Gasteiger partial charge in [0.05, 0.1) is 6.10 Å². The number of amides is 2. The van der Waals surface area contributed by atoms with Gasteiger partial charge < -0.3 is 24.8 Å². The molecule has 8 nitrogen and oxygen atoms in total. The third-order valence-corrected chi connectivity index (χ3v) is 6.52. The average molecular weight is 465 g/mol. The zero-order chi connectivity index (χ0) is 24.2. The topological polar surface area (TPSA) is 105 Å². The number of aliphatic carboxylic acids is 1. The van der Waals surface area contributed by atoms with Gasteiger partial charge in [0.2, 0.25) is 5.91 Å². The molecular formula is C26H28N2O6. The summed E-state index contributed by atoms with van der Waals surface area (Å²) in [5.41, 5.74) is 4.75. The van der Waals surface area contributed by atoms with Crippen LogP contribution in [0.3, 0.4) is 0 Å². The molecule has 2 aromatic carbocycles. The summed E-state index contributed by atoms with van der Waals surface area (Å²) in [5.74, 6) is -1.41. The van der Waals surface area contributed by atoms with E-state index >= 15 is 0 Å². The predicted molar refractivity (Wildman–Crippen MR) is 125 cm³/mol. The number of carboxylic acids is 1. The molecule has 0 unspecified atom stereocenters. The molecule has 0 radical (unpaired) electrons. The fourth-order valence-electron chi connectivity index (χ4n) is 4.54. The van der Waals surface area contributed by atoms with Crippen molar-refractivity contribution in [3.63, 3.8) is 0 Å². The highest BCUT2D eigenvalue weighted by molar-refractivity contribution is 5.89. The van der Waals surface area contributed by atoms with Crippen molar-refractivity contribution in [2.45, 2.75) is 31.4 Å². The van der Waals surface area contributed by atoms with E-state index in [0.717, 1.165) is 22.3 Å². The van der Waals surface area contributed by atoms with Crippen LogP contribution in [0.5, 0.6) is 0 Å². The van der Waals surface area contributed by atoms with E-state index in [9.17, 15) is 14.4 Å². The Balaban J connectivity index is 1.42. The normalized spacial score (nSPS) is 16.6. The molecule has 1 aliphatic heterocycles. The highest BCUT2D eigenvalue weighted by Crippen LogP contribution is 2.44. The monoisotopic (exact) mass is 464 g/mol. The van der Waals surface area contributed by atoms with E-state index < -0.39 is 24.2 Å². The molecule has 0 saturated carbocycles. The van der Waals surface area contributed by atoms with Gasteiger partial charge in [0.25, 0.3) is 0 Å². The van der Waals surface area contributed by atoms with Gasteiger partial charge in [-0.1, -0.05) is 54.6 Å². The zero-order valence-electron chi connectivity index (χ0n) is 19.2. The third-order valence-electron chi connectivity index (χ3n) is 6.52. The Hall–Kier alpha value is -3.65. The lowest BCUT2D eigenvalue weighted by atomic mass is 9.98. The van der Waals surface area contributed by atoms with Crippen molar-refractivity contribution in [1.82, 2.24) is 10.2 Å². The van der Waals surface area contributed by atoms with Gasteiger partial charge in [-0.05, 0) is 35.6 Å². The van der Waals surface area contributed by atoms with E-state index in [1.165, 1.54) is 18.1 Å². The molecule has 2 aromatic rings. The second kappa shape index (κ2) is 10.1. The van der Waals surface area contributed by atoms with Crippen LogP contribution in [-0.4, -0.2) is 66.9 Å². The summed E-state index contributed by atoms with van der Waals surface area (Å²) in [6.45, 7) is 2.25. The smallest absolute Gasteiger partial charge is 0.407 e. The van der Waals surface area contributed by atoms with Gasteiger partial charge in [0.15, 0.2) is 0 Å². The maximum atomic E-state index is 13.1. The summed E-state index contributed by atoms with van der Waals surface area (Å²) >= 11 is 0. The van der Waals surface area contributed by atoms with Crippen molar-refractivity contribution >= 4 is 18.0 Å². The van der Waals surface area contributed by atoms with Gasteiger partial charge in [0, 0.05) is 31.7 Å². The fourth-order valence-corrected chi connectivity index (χ4v) is 4.54. The lowest BCUT2D eigenvalue weighted by Crippen LogP contribution is -2.55. The third kappa shape index (κ3) is 4.68. The summed E-state index contributed by atoms with van der Waals surface area (Å²) in [5, 5.41) is 11.8. The standard InChI is InChI=1S/C26H28N2O6/c1-16(33-2)23(24(29)28-13-11-17(12-14-28)25(30)31)27-26(32)34-15-22-20-9-5-3-7-18(20)19-8-4-6-10-21(19)22/h3-11,16,22-23H,12-15H2,1-2H3,(H,27,32)(H,30,31)/t16-,23+/m1/s1. The Bertz CT molecular complexity index is 1080. The first-order valence-electron chi connectivity index (χ1n) is 11.3. The number of carbonyl (C=O) groups is 3. The molecule has 0 bridgehead atoms. The molecule has 1 heterocycles. The van der Waals surface area contributed by atoms with Crippen molar-refractivity contribution < 1.29 is 29.0 Å². The predicted octanol–water partition coefficient (Wildman–Crippen LogP) is 3.17. The average Bonchev–Trinajstić information content (AvgIpc) is 3.19. The minimum atomic E-state index is -0.981. The van der Waals surface area contributed by atoms with E-state index in [2.05, 4.69) is 17.4 Å². The number of rotatable bonds is 7. The molecule has 4 rings (SSSR count). The summed E-state index contributed by atoms with van der Waals surface area (Å²) in [7, 11) is 1.46. The van der Waals surface area contributed by atoms with Crippen LogP contribution in [0.25, 0.3) is 11.1 Å². The zero-order valence-corrected chi connectivity index (χ0v) is 19.2. The van der Waals surface area contributed by atoms with Gasteiger partial charge in [-0.2, -0.15) is 0 Å². The van der Waals surface area contributed by atoms with Crippen LogP contribution in [0.15, 0.2) is 60.2 Å². The van der Waals surface area contributed by atoms with Crippen molar-refractivity contribution in [1.29, 1.82) is 0 Å².